The highest BCUT2D eigenvalue weighted by Crippen LogP contribution is 2.39. The van der Waals surface area contributed by atoms with Gasteiger partial charge in [-0.15, -0.1) is 0 Å². The van der Waals surface area contributed by atoms with Crippen LogP contribution >= 0.6 is 15.9 Å². The Balaban J connectivity index is 1.56. The van der Waals surface area contributed by atoms with Crippen molar-refractivity contribution in [2.75, 3.05) is 27.3 Å². The number of methoxy groups -OCH3 is 2. The van der Waals surface area contributed by atoms with E-state index in [-0.39, 0.29) is 4.90 Å². The SMILES string of the molecule is COc1cc(Br)c(S(=O)(=O)N2CCC(c3c[nH]c4ccccc34)CC2)cc1OC. The van der Waals surface area contributed by atoms with Crippen LogP contribution in [-0.4, -0.2) is 45.0 Å². The van der Waals surface area contributed by atoms with Crippen molar-refractivity contribution in [1.82, 2.24) is 9.29 Å². The maximum Gasteiger partial charge on any atom is 0.244 e. The number of ether oxygens (including phenoxy) is 2. The van der Waals surface area contributed by atoms with Crippen LogP contribution in [0, 0.1) is 0 Å². The molecule has 0 spiro atoms. The van der Waals surface area contributed by atoms with Gasteiger partial charge < -0.3 is 14.5 Å². The van der Waals surface area contributed by atoms with Crippen LogP contribution in [0.4, 0.5) is 0 Å². The number of piperidine rings is 1. The summed E-state index contributed by atoms with van der Waals surface area (Å²) in [7, 11) is -0.625. The van der Waals surface area contributed by atoms with Crippen molar-refractivity contribution < 1.29 is 17.9 Å². The first-order chi connectivity index (χ1) is 14.0. The molecule has 4 rings (SSSR count). The quantitative estimate of drug-likeness (QED) is 0.585. The maximum atomic E-state index is 13.3. The minimum absolute atomic E-state index is 0.195. The molecule has 29 heavy (non-hydrogen) atoms. The zero-order valence-electron chi connectivity index (χ0n) is 16.3. The van der Waals surface area contributed by atoms with Gasteiger partial charge >= 0.3 is 0 Å². The average Bonchev–Trinajstić information content (AvgIpc) is 3.17. The van der Waals surface area contributed by atoms with Gasteiger partial charge in [0.1, 0.15) is 4.90 Å². The van der Waals surface area contributed by atoms with E-state index < -0.39 is 10.0 Å². The molecule has 1 aromatic heterocycles. The molecule has 0 bridgehead atoms. The Hall–Kier alpha value is -2.03. The number of sulfonamides is 1. The molecular formula is C21H23BrN2O4S. The fraction of sp³-hybridized carbons (Fsp3) is 0.333. The third-order valence-electron chi connectivity index (χ3n) is 5.57. The van der Waals surface area contributed by atoms with Crippen LogP contribution in [0.15, 0.2) is 52.0 Å². The topological polar surface area (TPSA) is 71.6 Å². The van der Waals surface area contributed by atoms with Crippen LogP contribution in [0.2, 0.25) is 0 Å². The number of aromatic amines is 1. The average molecular weight is 479 g/mol. The molecule has 0 saturated carbocycles. The Kier molecular flexibility index (Phi) is 5.59. The monoisotopic (exact) mass is 478 g/mol. The van der Waals surface area contributed by atoms with Crippen LogP contribution in [0.5, 0.6) is 11.5 Å². The lowest BCUT2D eigenvalue weighted by molar-refractivity contribution is 0.319. The third-order valence-corrected chi connectivity index (χ3v) is 8.43. The second-order valence-electron chi connectivity index (χ2n) is 7.11. The van der Waals surface area contributed by atoms with Crippen LogP contribution in [0.25, 0.3) is 10.9 Å². The van der Waals surface area contributed by atoms with E-state index in [2.05, 4.69) is 39.2 Å². The molecular weight excluding hydrogens is 456 g/mol. The first-order valence-electron chi connectivity index (χ1n) is 9.43. The Labute approximate surface area is 179 Å². The number of nitrogens with one attached hydrogen (secondary N) is 1. The third kappa shape index (κ3) is 3.65. The van der Waals surface area contributed by atoms with Crippen molar-refractivity contribution in [2.45, 2.75) is 23.7 Å². The summed E-state index contributed by atoms with van der Waals surface area (Å²) >= 11 is 3.38. The summed E-state index contributed by atoms with van der Waals surface area (Å²) in [6, 6.07) is 11.4. The van der Waals surface area contributed by atoms with Gasteiger partial charge in [0.05, 0.1) is 14.2 Å². The highest BCUT2D eigenvalue weighted by Gasteiger charge is 2.32. The van der Waals surface area contributed by atoms with Crippen LogP contribution in [0.1, 0.15) is 24.3 Å². The number of nitrogens with zero attached hydrogens (tertiary/aromatic N) is 1. The Morgan fingerprint density at radius 2 is 1.72 bits per heavy atom. The summed E-state index contributed by atoms with van der Waals surface area (Å²) < 4.78 is 39.1. The molecule has 0 radical (unpaired) electrons. The van der Waals surface area contributed by atoms with Gasteiger partial charge in [0.2, 0.25) is 10.0 Å². The molecule has 6 nitrogen and oxygen atoms in total. The van der Waals surface area contributed by atoms with E-state index >= 15 is 0 Å². The van der Waals surface area contributed by atoms with E-state index in [0.29, 0.717) is 35.0 Å². The van der Waals surface area contributed by atoms with Crippen molar-refractivity contribution in [3.8, 4) is 11.5 Å². The standard InChI is InChI=1S/C21H23BrN2O4S/c1-27-19-11-17(22)21(12-20(19)28-2)29(25,26)24-9-7-14(8-10-24)16-13-23-18-6-4-3-5-15(16)18/h3-6,11-14,23H,7-10H2,1-2H3. The van der Waals surface area contributed by atoms with Gasteiger partial charge in [0, 0.05) is 40.7 Å². The lowest BCUT2D eigenvalue weighted by Crippen LogP contribution is -2.38. The number of H-pyrrole nitrogens is 1. The highest BCUT2D eigenvalue weighted by molar-refractivity contribution is 9.10. The molecule has 154 valence electrons. The van der Waals surface area contributed by atoms with Gasteiger partial charge in [0.15, 0.2) is 11.5 Å². The summed E-state index contributed by atoms with van der Waals surface area (Å²) in [6.07, 6.45) is 3.63. The molecule has 2 heterocycles. The Morgan fingerprint density at radius 3 is 2.41 bits per heavy atom. The minimum Gasteiger partial charge on any atom is -0.493 e. The maximum absolute atomic E-state index is 13.3. The zero-order valence-corrected chi connectivity index (χ0v) is 18.7. The van der Waals surface area contributed by atoms with Crippen molar-refractivity contribution in [1.29, 1.82) is 0 Å². The largest absolute Gasteiger partial charge is 0.493 e. The number of hydrogen-bond donors (Lipinski definition) is 1. The van der Waals surface area contributed by atoms with Gasteiger partial charge in [-0.05, 0) is 52.4 Å². The summed E-state index contributed by atoms with van der Waals surface area (Å²) in [6.45, 7) is 0.959. The van der Waals surface area contributed by atoms with E-state index in [4.69, 9.17) is 9.47 Å². The molecule has 0 unspecified atom stereocenters. The molecule has 1 fully saturated rings. The van der Waals surface area contributed by atoms with E-state index in [1.165, 1.54) is 31.2 Å². The lowest BCUT2D eigenvalue weighted by atomic mass is 9.90. The molecule has 0 atom stereocenters. The molecule has 0 aliphatic carbocycles. The van der Waals surface area contributed by atoms with Gasteiger partial charge in [-0.25, -0.2) is 8.42 Å². The summed E-state index contributed by atoms with van der Waals surface area (Å²) in [5.74, 6) is 1.21. The van der Waals surface area contributed by atoms with Crippen molar-refractivity contribution in [3.05, 3.63) is 52.6 Å². The Morgan fingerprint density at radius 1 is 1.07 bits per heavy atom. The number of hydrogen-bond acceptors (Lipinski definition) is 4. The van der Waals surface area contributed by atoms with Crippen LogP contribution in [-0.2, 0) is 10.0 Å². The van der Waals surface area contributed by atoms with E-state index in [0.717, 1.165) is 18.4 Å². The molecule has 3 aromatic rings. The lowest BCUT2D eigenvalue weighted by Gasteiger charge is -2.31. The predicted molar refractivity (Wildman–Crippen MR) is 116 cm³/mol. The van der Waals surface area contributed by atoms with Gasteiger partial charge in [-0.1, -0.05) is 18.2 Å². The van der Waals surface area contributed by atoms with Gasteiger partial charge in [-0.3, -0.25) is 0 Å². The van der Waals surface area contributed by atoms with Gasteiger partial charge in [-0.2, -0.15) is 4.31 Å². The molecule has 0 amide bonds. The predicted octanol–water partition coefficient (Wildman–Crippen LogP) is 4.52. The van der Waals surface area contributed by atoms with Crippen LogP contribution < -0.4 is 9.47 Å². The smallest absolute Gasteiger partial charge is 0.244 e. The number of rotatable bonds is 5. The number of halogens is 1. The zero-order chi connectivity index (χ0) is 20.6. The second kappa shape index (κ2) is 8.01. The molecule has 1 N–H and O–H groups in total. The molecule has 1 aliphatic heterocycles. The van der Waals surface area contributed by atoms with E-state index in [9.17, 15) is 8.42 Å². The fourth-order valence-electron chi connectivity index (χ4n) is 4.01. The van der Waals surface area contributed by atoms with Crippen molar-refractivity contribution in [2.24, 2.45) is 0 Å². The molecule has 8 heteroatoms. The number of fused-ring (bicyclic) bond motifs is 1. The second-order valence-corrected chi connectivity index (χ2v) is 9.87. The summed E-state index contributed by atoms with van der Waals surface area (Å²) in [4.78, 5) is 3.51. The van der Waals surface area contributed by atoms with E-state index in [1.54, 1.807) is 10.4 Å². The molecule has 2 aromatic carbocycles. The van der Waals surface area contributed by atoms with Crippen LogP contribution in [0.3, 0.4) is 0 Å². The van der Waals surface area contributed by atoms with E-state index in [1.807, 2.05) is 12.1 Å². The minimum atomic E-state index is -3.64. The van der Waals surface area contributed by atoms with Crippen molar-refractivity contribution >= 4 is 36.9 Å². The van der Waals surface area contributed by atoms with Crippen molar-refractivity contribution in [3.63, 3.8) is 0 Å². The number of aromatic nitrogens is 1. The highest BCUT2D eigenvalue weighted by atomic mass is 79.9. The first kappa shape index (κ1) is 20.3. The normalized spacial score (nSPS) is 16.2. The Bertz CT molecular complexity index is 1130. The fourth-order valence-corrected chi connectivity index (χ4v) is 6.48. The summed E-state index contributed by atoms with van der Waals surface area (Å²) in [5.41, 5.74) is 2.39. The summed E-state index contributed by atoms with van der Waals surface area (Å²) in [5, 5.41) is 1.22. The van der Waals surface area contributed by atoms with Gasteiger partial charge in [0.25, 0.3) is 0 Å². The molecule has 1 aliphatic rings. The number of para-hydroxylation sites is 1. The molecule has 1 saturated heterocycles. The number of benzene rings is 2. The first-order valence-corrected chi connectivity index (χ1v) is 11.7.